The van der Waals surface area contributed by atoms with E-state index in [9.17, 15) is 14.4 Å². The van der Waals surface area contributed by atoms with Crippen molar-refractivity contribution in [1.82, 2.24) is 0 Å². The number of rotatable bonds is 11. The predicted octanol–water partition coefficient (Wildman–Crippen LogP) is 6.67. The van der Waals surface area contributed by atoms with Crippen molar-refractivity contribution in [2.45, 2.75) is 78.1 Å². The Balaban J connectivity index is 2.38. The molecule has 1 atom stereocenters. The molecule has 0 bridgehead atoms. The summed E-state index contributed by atoms with van der Waals surface area (Å²) < 4.78 is 10.5. The van der Waals surface area contributed by atoms with Gasteiger partial charge in [-0.2, -0.15) is 0 Å². The Morgan fingerprint density at radius 3 is 2.23 bits per heavy atom. The lowest BCUT2D eigenvalue weighted by Gasteiger charge is -2.25. The van der Waals surface area contributed by atoms with Crippen LogP contribution in [0.4, 0.5) is 5.69 Å². The number of carbonyl (C=O) groups is 3. The van der Waals surface area contributed by atoms with Crippen molar-refractivity contribution >= 4 is 23.3 Å². The van der Waals surface area contributed by atoms with Crippen molar-refractivity contribution in [2.24, 2.45) is 0 Å². The van der Waals surface area contributed by atoms with Crippen LogP contribution in [0.3, 0.4) is 0 Å². The van der Waals surface area contributed by atoms with E-state index in [2.05, 4.69) is 33.0 Å². The molecule has 6 heteroatoms. The van der Waals surface area contributed by atoms with Crippen LogP contribution >= 0.6 is 0 Å². The van der Waals surface area contributed by atoms with Crippen molar-refractivity contribution in [3.05, 3.63) is 58.7 Å². The fourth-order valence-electron chi connectivity index (χ4n) is 4.25. The van der Waals surface area contributed by atoms with E-state index in [1.54, 1.807) is 31.4 Å². The highest BCUT2D eigenvalue weighted by molar-refractivity contribution is 5.96. The van der Waals surface area contributed by atoms with Gasteiger partial charge in [-0.05, 0) is 54.0 Å². The summed E-state index contributed by atoms with van der Waals surface area (Å²) in [5.41, 5.74) is 3.20. The summed E-state index contributed by atoms with van der Waals surface area (Å²) in [4.78, 5) is 37.3. The Labute approximate surface area is 209 Å². The van der Waals surface area contributed by atoms with Gasteiger partial charge in [-0.1, -0.05) is 65.2 Å². The minimum absolute atomic E-state index is 0.0321. The molecule has 0 saturated heterocycles. The fourth-order valence-corrected chi connectivity index (χ4v) is 4.25. The zero-order chi connectivity index (χ0) is 26.2. The highest BCUT2D eigenvalue weighted by atomic mass is 16.5. The third-order valence-corrected chi connectivity index (χ3v) is 6.19. The molecule has 0 radical (unpaired) electrons. The molecule has 0 spiro atoms. The number of ketones is 1. The highest BCUT2D eigenvalue weighted by Crippen LogP contribution is 2.35. The third kappa shape index (κ3) is 7.67. The van der Waals surface area contributed by atoms with Gasteiger partial charge in [0, 0.05) is 17.7 Å². The number of unbranched alkanes of at least 4 members (excludes halogenated alkanes) is 2. The number of nitrogens with one attached hydrogen (secondary N) is 1. The van der Waals surface area contributed by atoms with Crippen LogP contribution in [0.15, 0.2) is 36.4 Å². The van der Waals surface area contributed by atoms with E-state index < -0.39 is 5.97 Å². The van der Waals surface area contributed by atoms with Crippen LogP contribution in [0.2, 0.25) is 0 Å². The van der Waals surface area contributed by atoms with Crippen molar-refractivity contribution in [1.29, 1.82) is 0 Å². The lowest BCUT2D eigenvalue weighted by Crippen LogP contribution is -2.21. The molecule has 0 fully saturated rings. The first-order valence-electron chi connectivity index (χ1n) is 12.2. The average molecular weight is 482 g/mol. The van der Waals surface area contributed by atoms with Gasteiger partial charge < -0.3 is 14.8 Å². The molecule has 2 aromatic rings. The molecule has 0 aliphatic heterocycles. The maximum atomic E-state index is 13.3. The van der Waals surface area contributed by atoms with Crippen molar-refractivity contribution in [2.75, 3.05) is 19.5 Å². The van der Waals surface area contributed by atoms with Crippen LogP contribution in [-0.4, -0.2) is 31.9 Å². The Hall–Kier alpha value is -3.15. The molecule has 1 amide bonds. The Morgan fingerprint density at radius 2 is 1.66 bits per heavy atom. The molecular formula is C29H39NO5. The number of amides is 1. The van der Waals surface area contributed by atoms with Gasteiger partial charge in [0.2, 0.25) is 5.91 Å². The monoisotopic (exact) mass is 481 g/mol. The van der Waals surface area contributed by atoms with Crippen molar-refractivity contribution < 1.29 is 23.9 Å². The van der Waals surface area contributed by atoms with E-state index in [0.717, 1.165) is 36.8 Å². The number of hydrogen-bond donors (Lipinski definition) is 1. The van der Waals surface area contributed by atoms with E-state index in [-0.39, 0.29) is 29.4 Å². The Morgan fingerprint density at radius 1 is 0.971 bits per heavy atom. The van der Waals surface area contributed by atoms with Gasteiger partial charge in [0.1, 0.15) is 5.75 Å². The molecule has 0 saturated carbocycles. The van der Waals surface area contributed by atoms with E-state index >= 15 is 0 Å². The molecule has 0 aromatic heterocycles. The van der Waals surface area contributed by atoms with Crippen LogP contribution < -0.4 is 10.1 Å². The molecule has 1 unspecified atom stereocenters. The SMILES string of the molecule is CCCCCC(CC(=O)Nc1cc(C(=O)OC)ccc1C(C)(C)C)c1ccc(C(C)=O)cc1OC. The topological polar surface area (TPSA) is 81.7 Å². The largest absolute Gasteiger partial charge is 0.496 e. The molecule has 35 heavy (non-hydrogen) atoms. The number of carbonyl (C=O) groups excluding carboxylic acids is 3. The number of benzene rings is 2. The second-order valence-electron chi connectivity index (χ2n) is 9.96. The zero-order valence-corrected chi connectivity index (χ0v) is 22.1. The summed E-state index contributed by atoms with van der Waals surface area (Å²) in [5, 5.41) is 3.05. The van der Waals surface area contributed by atoms with Crippen LogP contribution in [0, 0.1) is 0 Å². The van der Waals surface area contributed by atoms with Crippen molar-refractivity contribution in [3.8, 4) is 5.75 Å². The van der Waals surface area contributed by atoms with Crippen LogP contribution in [0.1, 0.15) is 104 Å². The van der Waals surface area contributed by atoms with Gasteiger partial charge >= 0.3 is 5.97 Å². The first kappa shape index (κ1) is 28.1. The summed E-state index contributed by atoms with van der Waals surface area (Å²) >= 11 is 0. The standard InChI is InChI=1S/C29H39NO5/c1-8-9-10-11-21(23-14-12-20(19(2)31)17-26(23)34-6)18-27(32)30-25-16-22(28(33)35-7)13-15-24(25)29(3,4)5/h12-17,21H,8-11,18H2,1-7H3,(H,30,32). The van der Waals surface area contributed by atoms with Gasteiger partial charge in [0.15, 0.2) is 5.78 Å². The number of esters is 1. The lowest BCUT2D eigenvalue weighted by molar-refractivity contribution is -0.116. The summed E-state index contributed by atoms with van der Waals surface area (Å²) in [6.45, 7) is 9.85. The first-order valence-corrected chi connectivity index (χ1v) is 12.2. The molecule has 1 N–H and O–H groups in total. The molecular weight excluding hydrogens is 442 g/mol. The normalized spacial score (nSPS) is 12.1. The maximum absolute atomic E-state index is 13.3. The molecule has 6 nitrogen and oxygen atoms in total. The average Bonchev–Trinajstić information content (AvgIpc) is 2.81. The number of Topliss-reactive ketones (excluding diaryl/α,β-unsaturated/α-hetero) is 1. The second-order valence-corrected chi connectivity index (χ2v) is 9.96. The second kappa shape index (κ2) is 12.5. The minimum atomic E-state index is -0.450. The van der Waals surface area contributed by atoms with Gasteiger partial charge in [-0.15, -0.1) is 0 Å². The van der Waals surface area contributed by atoms with Crippen LogP contribution in [0.5, 0.6) is 5.75 Å². The third-order valence-electron chi connectivity index (χ3n) is 6.19. The van der Waals surface area contributed by atoms with E-state index in [1.165, 1.54) is 14.0 Å². The lowest BCUT2D eigenvalue weighted by atomic mass is 9.84. The van der Waals surface area contributed by atoms with Crippen LogP contribution in [0.25, 0.3) is 0 Å². The highest BCUT2D eigenvalue weighted by Gasteiger charge is 2.24. The zero-order valence-electron chi connectivity index (χ0n) is 22.1. The summed E-state index contributed by atoms with van der Waals surface area (Å²) in [5.74, 6) is -0.0739. The predicted molar refractivity (Wildman–Crippen MR) is 140 cm³/mol. The van der Waals surface area contributed by atoms with E-state index in [0.29, 0.717) is 22.6 Å². The molecule has 190 valence electrons. The molecule has 2 aromatic carbocycles. The summed E-state index contributed by atoms with van der Waals surface area (Å²) in [6.07, 6.45) is 4.21. The maximum Gasteiger partial charge on any atom is 0.337 e. The van der Waals surface area contributed by atoms with Gasteiger partial charge in [0.05, 0.1) is 19.8 Å². The van der Waals surface area contributed by atoms with Crippen molar-refractivity contribution in [3.63, 3.8) is 0 Å². The summed E-state index contributed by atoms with van der Waals surface area (Å²) in [7, 11) is 2.92. The van der Waals surface area contributed by atoms with E-state index in [1.807, 2.05) is 12.1 Å². The smallest absolute Gasteiger partial charge is 0.337 e. The molecule has 0 aliphatic rings. The molecule has 0 aliphatic carbocycles. The first-order chi connectivity index (χ1) is 16.5. The summed E-state index contributed by atoms with van der Waals surface area (Å²) in [6, 6.07) is 10.7. The molecule has 0 heterocycles. The Kier molecular flexibility index (Phi) is 10.1. The van der Waals surface area contributed by atoms with Gasteiger partial charge in [0.25, 0.3) is 0 Å². The quantitative estimate of drug-likeness (QED) is 0.220. The number of anilines is 1. The minimum Gasteiger partial charge on any atom is -0.496 e. The van der Waals surface area contributed by atoms with Crippen LogP contribution in [-0.2, 0) is 14.9 Å². The van der Waals surface area contributed by atoms with Gasteiger partial charge in [-0.25, -0.2) is 4.79 Å². The fraction of sp³-hybridized carbons (Fsp3) is 0.483. The number of methoxy groups -OCH3 is 2. The Bertz CT molecular complexity index is 1050. The van der Waals surface area contributed by atoms with E-state index in [4.69, 9.17) is 9.47 Å². The number of ether oxygens (including phenoxy) is 2. The molecule has 2 rings (SSSR count). The van der Waals surface area contributed by atoms with Gasteiger partial charge in [-0.3, -0.25) is 9.59 Å². The number of hydrogen-bond acceptors (Lipinski definition) is 5.